The fourth-order valence-corrected chi connectivity index (χ4v) is 2.83. The van der Waals surface area contributed by atoms with E-state index in [0.717, 1.165) is 12.8 Å². The van der Waals surface area contributed by atoms with Crippen LogP contribution in [0.4, 0.5) is 0 Å². The molecule has 0 bridgehead atoms. The van der Waals surface area contributed by atoms with Gasteiger partial charge in [0.1, 0.15) is 12.5 Å². The molecule has 0 N–H and O–H groups in total. The number of ether oxygens (including phenoxy) is 2. The molecule has 0 aromatic heterocycles. The van der Waals surface area contributed by atoms with Crippen molar-refractivity contribution < 1.29 is 19.1 Å². The van der Waals surface area contributed by atoms with Crippen molar-refractivity contribution in [2.45, 2.75) is 65.9 Å². The van der Waals surface area contributed by atoms with Crippen molar-refractivity contribution in [3.8, 4) is 0 Å². The third kappa shape index (κ3) is 5.62. The van der Waals surface area contributed by atoms with Crippen molar-refractivity contribution in [2.75, 3.05) is 6.61 Å². The average Bonchev–Trinajstić information content (AvgIpc) is 2.27. The molecular formula is C15H26O4. The van der Waals surface area contributed by atoms with E-state index < -0.39 is 11.9 Å². The van der Waals surface area contributed by atoms with Crippen molar-refractivity contribution in [1.82, 2.24) is 0 Å². The van der Waals surface area contributed by atoms with Crippen molar-refractivity contribution in [1.29, 1.82) is 0 Å². The van der Waals surface area contributed by atoms with Crippen LogP contribution in [0.25, 0.3) is 0 Å². The fraction of sp³-hybridized carbons (Fsp3) is 0.867. The number of carbonyl (C=O) groups excluding carboxylic acids is 2. The molecule has 0 saturated heterocycles. The zero-order valence-electron chi connectivity index (χ0n) is 12.5. The molecule has 0 aromatic carbocycles. The first-order chi connectivity index (χ1) is 8.84. The lowest BCUT2D eigenvalue weighted by Crippen LogP contribution is -2.32. The van der Waals surface area contributed by atoms with Crippen LogP contribution in [0.2, 0.25) is 0 Å². The van der Waals surface area contributed by atoms with E-state index in [9.17, 15) is 9.59 Å². The maximum absolute atomic E-state index is 11.6. The normalized spacial score (nSPS) is 23.5. The van der Waals surface area contributed by atoms with E-state index in [1.807, 2.05) is 6.92 Å². The van der Waals surface area contributed by atoms with E-state index in [-0.39, 0.29) is 12.5 Å². The zero-order valence-corrected chi connectivity index (χ0v) is 12.5. The summed E-state index contributed by atoms with van der Waals surface area (Å²) in [5.74, 6) is -0.590. The smallest absolute Gasteiger partial charge is 0.317 e. The number of carbonyl (C=O) groups is 2. The van der Waals surface area contributed by atoms with Gasteiger partial charge in [0.2, 0.25) is 0 Å². The van der Waals surface area contributed by atoms with Crippen LogP contribution in [0.5, 0.6) is 0 Å². The molecule has 1 aliphatic carbocycles. The average molecular weight is 270 g/mol. The van der Waals surface area contributed by atoms with Crippen LogP contribution in [0, 0.1) is 11.3 Å². The summed E-state index contributed by atoms with van der Waals surface area (Å²) in [4.78, 5) is 22.8. The minimum absolute atomic E-state index is 0.124. The van der Waals surface area contributed by atoms with Gasteiger partial charge in [-0.15, -0.1) is 0 Å². The van der Waals surface area contributed by atoms with Gasteiger partial charge in [0.15, 0.2) is 0 Å². The summed E-state index contributed by atoms with van der Waals surface area (Å²) < 4.78 is 10.1. The topological polar surface area (TPSA) is 52.6 Å². The summed E-state index contributed by atoms with van der Waals surface area (Å²) in [5.41, 5.74) is 0.324. The largest absolute Gasteiger partial charge is 0.466 e. The molecule has 1 unspecified atom stereocenters. The van der Waals surface area contributed by atoms with Crippen LogP contribution in [-0.4, -0.2) is 24.6 Å². The van der Waals surface area contributed by atoms with Gasteiger partial charge in [-0.1, -0.05) is 20.3 Å². The van der Waals surface area contributed by atoms with Gasteiger partial charge < -0.3 is 9.47 Å². The van der Waals surface area contributed by atoms with Gasteiger partial charge in [0, 0.05) is 0 Å². The fourth-order valence-electron chi connectivity index (χ4n) is 2.83. The predicted molar refractivity (Wildman–Crippen MR) is 72.5 cm³/mol. The predicted octanol–water partition coefficient (Wildman–Crippen LogP) is 3.09. The van der Waals surface area contributed by atoms with E-state index in [4.69, 9.17) is 9.47 Å². The Hall–Kier alpha value is -1.06. The van der Waals surface area contributed by atoms with Crippen molar-refractivity contribution in [3.63, 3.8) is 0 Å². The molecule has 0 heterocycles. The molecule has 0 spiro atoms. The molecule has 110 valence electrons. The van der Waals surface area contributed by atoms with E-state index in [2.05, 4.69) is 13.8 Å². The van der Waals surface area contributed by atoms with Crippen LogP contribution in [0.15, 0.2) is 0 Å². The lowest BCUT2D eigenvalue weighted by molar-refractivity contribution is -0.159. The van der Waals surface area contributed by atoms with Crippen LogP contribution >= 0.6 is 0 Å². The third-order valence-electron chi connectivity index (χ3n) is 3.82. The Bertz CT molecular complexity index is 322. The Balaban J connectivity index is 2.39. The highest BCUT2D eigenvalue weighted by atomic mass is 16.6. The second-order valence-corrected chi connectivity index (χ2v) is 6.20. The van der Waals surface area contributed by atoms with E-state index in [0.29, 0.717) is 17.9 Å². The van der Waals surface area contributed by atoms with Crippen molar-refractivity contribution in [3.05, 3.63) is 0 Å². The zero-order chi connectivity index (χ0) is 14.5. The summed E-state index contributed by atoms with van der Waals surface area (Å²) in [5, 5.41) is 0. The minimum Gasteiger partial charge on any atom is -0.466 e. The Kier molecular flexibility index (Phi) is 5.83. The minimum atomic E-state index is -0.510. The van der Waals surface area contributed by atoms with E-state index in [1.54, 1.807) is 6.92 Å². The highest BCUT2D eigenvalue weighted by Gasteiger charge is 2.32. The molecule has 4 nitrogen and oxygen atoms in total. The Morgan fingerprint density at radius 1 is 1.32 bits per heavy atom. The van der Waals surface area contributed by atoms with Crippen molar-refractivity contribution in [2.24, 2.45) is 11.3 Å². The van der Waals surface area contributed by atoms with Gasteiger partial charge in [-0.05, 0) is 44.4 Å². The highest BCUT2D eigenvalue weighted by Crippen LogP contribution is 2.40. The molecule has 2 atom stereocenters. The molecule has 4 heteroatoms. The summed E-state index contributed by atoms with van der Waals surface area (Å²) in [6.07, 6.45) is 4.16. The number of hydrogen-bond donors (Lipinski definition) is 0. The lowest BCUT2D eigenvalue weighted by atomic mass is 9.71. The maximum Gasteiger partial charge on any atom is 0.317 e. The van der Waals surface area contributed by atoms with E-state index in [1.165, 1.54) is 12.8 Å². The molecule has 0 amide bonds. The van der Waals surface area contributed by atoms with Gasteiger partial charge in [-0.25, -0.2) is 0 Å². The molecule has 1 rings (SSSR count). The van der Waals surface area contributed by atoms with Gasteiger partial charge in [0.05, 0.1) is 6.61 Å². The van der Waals surface area contributed by atoms with Crippen LogP contribution in [-0.2, 0) is 19.1 Å². The molecule has 1 saturated carbocycles. The second kappa shape index (κ2) is 6.92. The number of hydrogen-bond acceptors (Lipinski definition) is 4. The molecule has 0 radical (unpaired) electrons. The van der Waals surface area contributed by atoms with Gasteiger partial charge >= 0.3 is 11.9 Å². The van der Waals surface area contributed by atoms with Gasteiger partial charge in [-0.2, -0.15) is 0 Å². The monoisotopic (exact) mass is 270 g/mol. The summed E-state index contributed by atoms with van der Waals surface area (Å²) in [6, 6.07) is 0. The SMILES string of the molecule is CCOC(=O)CC(=O)O[C@@H](C)C1CCCC(C)(C)C1. The molecule has 1 fully saturated rings. The second-order valence-electron chi connectivity index (χ2n) is 6.20. The Labute approximate surface area is 115 Å². The quantitative estimate of drug-likeness (QED) is 0.569. The summed E-state index contributed by atoms with van der Waals surface area (Å²) >= 11 is 0. The standard InChI is InChI=1S/C15H26O4/c1-5-18-13(16)9-14(17)19-11(2)12-7-6-8-15(3,4)10-12/h11-12H,5-10H2,1-4H3/t11-,12?/m0/s1. The van der Waals surface area contributed by atoms with Crippen molar-refractivity contribution >= 4 is 11.9 Å². The molecule has 1 aliphatic rings. The summed E-state index contributed by atoms with van der Waals surface area (Å²) in [6.45, 7) is 8.45. The van der Waals surface area contributed by atoms with Crippen LogP contribution in [0.1, 0.15) is 59.8 Å². The van der Waals surface area contributed by atoms with E-state index >= 15 is 0 Å². The van der Waals surface area contributed by atoms with Gasteiger partial charge in [0.25, 0.3) is 0 Å². The molecule has 0 aliphatic heterocycles. The lowest BCUT2D eigenvalue weighted by Gasteiger charge is -2.37. The molecular weight excluding hydrogens is 244 g/mol. The van der Waals surface area contributed by atoms with Crippen LogP contribution < -0.4 is 0 Å². The first kappa shape index (κ1) is 16.0. The molecule has 19 heavy (non-hydrogen) atoms. The molecule has 0 aromatic rings. The van der Waals surface area contributed by atoms with Crippen LogP contribution in [0.3, 0.4) is 0 Å². The number of rotatable bonds is 5. The first-order valence-electron chi connectivity index (χ1n) is 7.19. The summed E-state index contributed by atoms with van der Waals surface area (Å²) in [7, 11) is 0. The first-order valence-corrected chi connectivity index (χ1v) is 7.19. The highest BCUT2D eigenvalue weighted by molar-refractivity contribution is 5.91. The van der Waals surface area contributed by atoms with Gasteiger partial charge in [-0.3, -0.25) is 9.59 Å². The third-order valence-corrected chi connectivity index (χ3v) is 3.82. The Morgan fingerprint density at radius 2 is 2.00 bits per heavy atom. The number of esters is 2. The maximum atomic E-state index is 11.6. The Morgan fingerprint density at radius 3 is 2.58 bits per heavy atom.